The Kier molecular flexibility index (Phi) is 3.70. The molecule has 1 aromatic carbocycles. The summed E-state index contributed by atoms with van der Waals surface area (Å²) in [4.78, 5) is 0. The highest BCUT2D eigenvalue weighted by atomic mass is 79.9. The van der Waals surface area contributed by atoms with E-state index in [2.05, 4.69) is 28.1 Å². The number of benzene rings is 1. The van der Waals surface area contributed by atoms with Crippen molar-refractivity contribution in [3.05, 3.63) is 33.3 Å². The number of hydrogen-bond acceptors (Lipinski definition) is 1. The summed E-state index contributed by atoms with van der Waals surface area (Å²) in [6, 6.07) is 6.39. The van der Waals surface area contributed by atoms with E-state index in [1.807, 2.05) is 6.07 Å². The lowest BCUT2D eigenvalue weighted by Crippen LogP contribution is -2.35. The van der Waals surface area contributed by atoms with Gasteiger partial charge < -0.3 is 5.73 Å². The second-order valence-corrected chi connectivity index (χ2v) is 7.27. The predicted octanol–water partition coefficient (Wildman–Crippen LogP) is 4.41. The van der Waals surface area contributed by atoms with Crippen LogP contribution in [-0.4, -0.2) is 6.04 Å². The first-order valence-electron chi connectivity index (χ1n) is 6.83. The van der Waals surface area contributed by atoms with Crippen molar-refractivity contribution in [3.63, 3.8) is 0 Å². The van der Waals surface area contributed by atoms with Crippen LogP contribution in [0.15, 0.2) is 22.7 Å². The van der Waals surface area contributed by atoms with Gasteiger partial charge in [0.05, 0.1) is 0 Å². The van der Waals surface area contributed by atoms with Crippen LogP contribution >= 0.6 is 27.5 Å². The lowest BCUT2D eigenvalue weighted by atomic mass is 9.81. The van der Waals surface area contributed by atoms with Gasteiger partial charge in [0.15, 0.2) is 0 Å². The highest BCUT2D eigenvalue weighted by Gasteiger charge is 2.41. The Balaban J connectivity index is 1.69. The van der Waals surface area contributed by atoms with Crippen LogP contribution in [0.4, 0.5) is 0 Å². The second kappa shape index (κ2) is 5.15. The van der Waals surface area contributed by atoms with Crippen LogP contribution in [-0.2, 0) is 6.42 Å². The molecule has 2 saturated carbocycles. The molecule has 2 bridgehead atoms. The summed E-state index contributed by atoms with van der Waals surface area (Å²) in [5.41, 5.74) is 7.62. The van der Waals surface area contributed by atoms with E-state index in [-0.39, 0.29) is 6.04 Å². The monoisotopic (exact) mass is 327 g/mol. The van der Waals surface area contributed by atoms with Gasteiger partial charge in [0.25, 0.3) is 0 Å². The molecule has 0 saturated heterocycles. The van der Waals surface area contributed by atoms with Gasteiger partial charge in [0.2, 0.25) is 0 Å². The van der Waals surface area contributed by atoms with Crippen molar-refractivity contribution in [2.45, 2.75) is 38.1 Å². The molecule has 18 heavy (non-hydrogen) atoms. The van der Waals surface area contributed by atoms with Gasteiger partial charge in [0.1, 0.15) is 0 Å². The fourth-order valence-corrected chi connectivity index (χ4v) is 4.66. The summed E-state index contributed by atoms with van der Waals surface area (Å²) < 4.78 is 1.03. The molecule has 2 aliphatic rings. The quantitative estimate of drug-likeness (QED) is 0.874. The minimum absolute atomic E-state index is 0.277. The molecule has 98 valence electrons. The van der Waals surface area contributed by atoms with Crippen molar-refractivity contribution in [2.24, 2.45) is 23.5 Å². The molecule has 0 aromatic heterocycles. The summed E-state index contributed by atoms with van der Waals surface area (Å²) >= 11 is 9.71. The molecule has 4 atom stereocenters. The zero-order valence-electron chi connectivity index (χ0n) is 10.4. The molecule has 1 aromatic rings. The van der Waals surface area contributed by atoms with Crippen molar-refractivity contribution in [1.29, 1.82) is 0 Å². The molecular weight excluding hydrogens is 310 g/mol. The Labute approximate surface area is 122 Å². The van der Waals surface area contributed by atoms with E-state index in [4.69, 9.17) is 17.3 Å². The second-order valence-electron chi connectivity index (χ2n) is 5.94. The summed E-state index contributed by atoms with van der Waals surface area (Å²) in [6.07, 6.45) is 6.52. The molecule has 0 aliphatic heterocycles. The van der Waals surface area contributed by atoms with Crippen LogP contribution in [0.3, 0.4) is 0 Å². The molecule has 0 spiro atoms. The standard InChI is InChI=1S/C15H19BrClN/c16-12-4-3-11(14(17)8-12)7-15(18)13-6-9-1-2-10(13)5-9/h3-4,8-10,13,15H,1-2,5-7,18H2. The SMILES string of the molecule is NC(Cc1ccc(Br)cc1Cl)C1CC2CCC1C2. The van der Waals surface area contributed by atoms with Crippen LogP contribution in [0.1, 0.15) is 31.2 Å². The topological polar surface area (TPSA) is 26.0 Å². The minimum atomic E-state index is 0.277. The normalized spacial score (nSPS) is 31.8. The molecule has 0 amide bonds. The Morgan fingerprint density at radius 3 is 2.78 bits per heavy atom. The summed E-state index contributed by atoms with van der Waals surface area (Å²) in [5.74, 6) is 2.58. The van der Waals surface area contributed by atoms with Crippen molar-refractivity contribution >= 4 is 27.5 Å². The van der Waals surface area contributed by atoms with Gasteiger partial charge in [-0.1, -0.05) is 40.0 Å². The lowest BCUT2D eigenvalue weighted by Gasteiger charge is -2.28. The van der Waals surface area contributed by atoms with Crippen LogP contribution in [0.25, 0.3) is 0 Å². The minimum Gasteiger partial charge on any atom is -0.327 e. The first kappa shape index (κ1) is 13.0. The summed E-state index contributed by atoms with van der Waals surface area (Å²) in [6.45, 7) is 0. The molecule has 1 nitrogen and oxygen atoms in total. The van der Waals surface area contributed by atoms with E-state index in [1.165, 1.54) is 31.2 Å². The third kappa shape index (κ3) is 2.48. The fraction of sp³-hybridized carbons (Fsp3) is 0.600. The fourth-order valence-electron chi connectivity index (χ4n) is 3.91. The maximum absolute atomic E-state index is 6.43. The third-order valence-electron chi connectivity index (χ3n) is 4.81. The van der Waals surface area contributed by atoms with Gasteiger partial charge in [-0.05, 0) is 61.1 Å². The highest BCUT2D eigenvalue weighted by molar-refractivity contribution is 9.10. The maximum Gasteiger partial charge on any atom is 0.0449 e. The van der Waals surface area contributed by atoms with Gasteiger partial charge in [-0.15, -0.1) is 0 Å². The van der Waals surface area contributed by atoms with Gasteiger partial charge in [-0.25, -0.2) is 0 Å². The van der Waals surface area contributed by atoms with Crippen molar-refractivity contribution in [1.82, 2.24) is 0 Å². The molecule has 0 radical (unpaired) electrons. The van der Waals surface area contributed by atoms with Gasteiger partial charge in [-0.2, -0.15) is 0 Å². The van der Waals surface area contributed by atoms with Crippen molar-refractivity contribution < 1.29 is 0 Å². The van der Waals surface area contributed by atoms with Crippen LogP contribution in [0.2, 0.25) is 5.02 Å². The largest absolute Gasteiger partial charge is 0.327 e. The first-order valence-corrected chi connectivity index (χ1v) is 8.00. The average molecular weight is 329 g/mol. The molecule has 3 heteroatoms. The maximum atomic E-state index is 6.43. The van der Waals surface area contributed by atoms with Crippen LogP contribution in [0.5, 0.6) is 0 Å². The molecule has 2 N–H and O–H groups in total. The van der Waals surface area contributed by atoms with Crippen LogP contribution < -0.4 is 5.73 Å². The Bertz CT molecular complexity index is 448. The summed E-state index contributed by atoms with van der Waals surface area (Å²) in [5, 5.41) is 0.836. The van der Waals surface area contributed by atoms with Gasteiger partial charge in [-0.3, -0.25) is 0 Å². The summed E-state index contributed by atoms with van der Waals surface area (Å²) in [7, 11) is 0. The number of rotatable bonds is 3. The van der Waals surface area contributed by atoms with E-state index in [1.54, 1.807) is 0 Å². The van der Waals surface area contributed by atoms with E-state index in [0.29, 0.717) is 0 Å². The van der Waals surface area contributed by atoms with E-state index in [0.717, 1.165) is 33.7 Å². The predicted molar refractivity (Wildman–Crippen MR) is 79.8 cm³/mol. The first-order chi connectivity index (χ1) is 8.63. The number of halogens is 2. The lowest BCUT2D eigenvalue weighted by molar-refractivity contribution is 0.280. The Morgan fingerprint density at radius 1 is 1.33 bits per heavy atom. The Hall–Kier alpha value is -0.0500. The molecule has 0 heterocycles. The van der Waals surface area contributed by atoms with E-state index in [9.17, 15) is 0 Å². The highest BCUT2D eigenvalue weighted by Crippen LogP contribution is 2.49. The molecule has 2 aliphatic carbocycles. The number of nitrogens with two attached hydrogens (primary N) is 1. The van der Waals surface area contributed by atoms with Crippen molar-refractivity contribution in [3.8, 4) is 0 Å². The average Bonchev–Trinajstić information content (AvgIpc) is 2.94. The zero-order valence-corrected chi connectivity index (χ0v) is 12.8. The molecule has 2 fully saturated rings. The van der Waals surface area contributed by atoms with Gasteiger partial charge in [0, 0.05) is 15.5 Å². The number of fused-ring (bicyclic) bond motifs is 2. The zero-order chi connectivity index (χ0) is 12.7. The van der Waals surface area contributed by atoms with Crippen molar-refractivity contribution in [2.75, 3.05) is 0 Å². The number of hydrogen-bond donors (Lipinski definition) is 1. The smallest absolute Gasteiger partial charge is 0.0449 e. The van der Waals surface area contributed by atoms with Crippen LogP contribution in [0, 0.1) is 17.8 Å². The molecular formula is C15H19BrClN. The molecule has 3 rings (SSSR count). The van der Waals surface area contributed by atoms with Gasteiger partial charge >= 0.3 is 0 Å². The van der Waals surface area contributed by atoms with E-state index >= 15 is 0 Å². The Morgan fingerprint density at radius 2 is 2.17 bits per heavy atom. The third-order valence-corrected chi connectivity index (χ3v) is 5.66. The molecule has 4 unspecified atom stereocenters. The van der Waals surface area contributed by atoms with E-state index < -0.39 is 0 Å².